The highest BCUT2D eigenvalue weighted by Crippen LogP contribution is 2.42. The van der Waals surface area contributed by atoms with Gasteiger partial charge in [-0.25, -0.2) is 8.78 Å². The number of benzene rings is 1. The van der Waals surface area contributed by atoms with Crippen LogP contribution in [0, 0.1) is 29.4 Å². The molecular formula is C18H22F4O3. The average molecular weight is 362 g/mol. The number of hydrogen-bond acceptors (Lipinski definition) is 3. The molecule has 1 heterocycles. The van der Waals surface area contributed by atoms with Gasteiger partial charge < -0.3 is 14.2 Å². The minimum Gasteiger partial charge on any atom is -0.432 e. The van der Waals surface area contributed by atoms with Crippen LogP contribution in [0.25, 0.3) is 0 Å². The van der Waals surface area contributed by atoms with Crippen LogP contribution in [0.3, 0.4) is 0 Å². The minimum absolute atomic E-state index is 0.0890. The number of halogens is 4. The van der Waals surface area contributed by atoms with Crippen LogP contribution in [-0.4, -0.2) is 25.6 Å². The smallest absolute Gasteiger partial charge is 0.400 e. The van der Waals surface area contributed by atoms with Crippen LogP contribution in [0.1, 0.15) is 32.6 Å². The Labute approximate surface area is 144 Å². The largest absolute Gasteiger partial charge is 0.432 e. The van der Waals surface area contributed by atoms with Crippen molar-refractivity contribution in [2.45, 2.75) is 45.0 Å². The van der Waals surface area contributed by atoms with Gasteiger partial charge in [-0.1, -0.05) is 6.92 Å². The number of alkyl halides is 2. The average Bonchev–Trinajstić information content (AvgIpc) is 2.54. The van der Waals surface area contributed by atoms with Gasteiger partial charge in [-0.05, 0) is 25.7 Å². The Hall–Kier alpha value is -1.34. The van der Waals surface area contributed by atoms with Gasteiger partial charge in [-0.15, -0.1) is 0 Å². The third-order valence-electron chi connectivity index (χ3n) is 4.81. The zero-order chi connectivity index (χ0) is 18.0. The summed E-state index contributed by atoms with van der Waals surface area (Å²) in [6, 6.07) is 2.13. The Bertz CT molecular complexity index is 559. The van der Waals surface area contributed by atoms with Crippen molar-refractivity contribution in [1.29, 1.82) is 0 Å². The highest BCUT2D eigenvalue weighted by molar-refractivity contribution is 5.24. The van der Waals surface area contributed by atoms with Crippen molar-refractivity contribution >= 4 is 0 Å². The molecule has 0 radical (unpaired) electrons. The molecule has 0 aromatic heterocycles. The van der Waals surface area contributed by atoms with Gasteiger partial charge in [0.05, 0.1) is 19.1 Å². The summed E-state index contributed by atoms with van der Waals surface area (Å²) in [6.45, 7) is 3.27. The predicted octanol–water partition coefficient (Wildman–Crippen LogP) is 4.75. The number of ether oxygens (including phenoxy) is 3. The normalized spacial score (nSPS) is 30.9. The first-order valence-corrected chi connectivity index (χ1v) is 8.59. The number of hydrogen-bond donors (Lipinski definition) is 0. The predicted molar refractivity (Wildman–Crippen MR) is 82.2 cm³/mol. The van der Waals surface area contributed by atoms with Crippen LogP contribution < -0.4 is 4.74 Å². The maximum Gasteiger partial charge on any atom is 0.400 e. The Morgan fingerprint density at radius 3 is 2.08 bits per heavy atom. The molecule has 25 heavy (non-hydrogen) atoms. The van der Waals surface area contributed by atoms with E-state index >= 15 is 0 Å². The van der Waals surface area contributed by atoms with Crippen LogP contribution in [0.5, 0.6) is 5.75 Å². The van der Waals surface area contributed by atoms with E-state index in [0.29, 0.717) is 38.0 Å². The van der Waals surface area contributed by atoms with Crippen LogP contribution in [0.2, 0.25) is 0 Å². The molecule has 0 atom stereocenters. The van der Waals surface area contributed by atoms with E-state index in [0.717, 1.165) is 12.1 Å². The molecule has 1 saturated heterocycles. The molecule has 1 aromatic rings. The van der Waals surface area contributed by atoms with E-state index in [4.69, 9.17) is 9.47 Å². The molecule has 1 aromatic carbocycles. The zero-order valence-corrected chi connectivity index (χ0v) is 14.0. The molecule has 0 bridgehead atoms. The molecule has 140 valence electrons. The molecule has 1 saturated carbocycles. The summed E-state index contributed by atoms with van der Waals surface area (Å²) < 4.78 is 70.9. The monoisotopic (exact) mass is 362 g/mol. The summed E-state index contributed by atoms with van der Waals surface area (Å²) >= 11 is 0. The molecule has 3 nitrogen and oxygen atoms in total. The molecule has 3 rings (SSSR count). The van der Waals surface area contributed by atoms with Gasteiger partial charge >= 0.3 is 6.11 Å². The highest BCUT2D eigenvalue weighted by Gasteiger charge is 2.45. The summed E-state index contributed by atoms with van der Waals surface area (Å²) in [5.74, 6) is -2.97. The SMILES string of the molecule is CC1COC(C2CCC(C(F)(F)Oc3cc(F)cc(F)c3)CC2)OC1. The molecule has 1 aliphatic carbocycles. The van der Waals surface area contributed by atoms with Gasteiger partial charge in [-0.2, -0.15) is 8.78 Å². The van der Waals surface area contributed by atoms with E-state index in [1.54, 1.807) is 0 Å². The van der Waals surface area contributed by atoms with Crippen molar-refractivity contribution in [3.8, 4) is 5.75 Å². The molecule has 0 unspecified atom stereocenters. The van der Waals surface area contributed by atoms with Crippen molar-refractivity contribution in [1.82, 2.24) is 0 Å². The van der Waals surface area contributed by atoms with Crippen molar-refractivity contribution < 1.29 is 31.8 Å². The zero-order valence-electron chi connectivity index (χ0n) is 14.0. The Kier molecular flexibility index (Phi) is 5.53. The van der Waals surface area contributed by atoms with Crippen molar-refractivity contribution in [3.63, 3.8) is 0 Å². The van der Waals surface area contributed by atoms with Gasteiger partial charge in [0.2, 0.25) is 0 Å². The minimum atomic E-state index is -3.48. The van der Waals surface area contributed by atoms with Crippen LogP contribution >= 0.6 is 0 Å². The lowest BCUT2D eigenvalue weighted by Gasteiger charge is -2.38. The maximum absolute atomic E-state index is 14.3. The van der Waals surface area contributed by atoms with Crippen molar-refractivity contribution in [2.75, 3.05) is 13.2 Å². The van der Waals surface area contributed by atoms with Gasteiger partial charge in [0.1, 0.15) is 17.4 Å². The summed E-state index contributed by atoms with van der Waals surface area (Å²) in [7, 11) is 0. The molecular weight excluding hydrogens is 340 g/mol. The lowest BCUT2D eigenvalue weighted by molar-refractivity contribution is -0.246. The molecule has 0 amide bonds. The molecule has 2 fully saturated rings. The molecule has 0 spiro atoms. The van der Waals surface area contributed by atoms with Gasteiger partial charge in [0.15, 0.2) is 6.29 Å². The van der Waals surface area contributed by atoms with Crippen LogP contribution in [0.15, 0.2) is 18.2 Å². The van der Waals surface area contributed by atoms with E-state index in [1.165, 1.54) is 0 Å². The standard InChI is InChI=1S/C18H22F4O3/c1-11-9-23-17(24-10-11)12-2-4-13(5-3-12)18(21,22)25-16-7-14(19)6-15(20)8-16/h6-8,11-13,17H,2-5,9-10H2,1H3. The van der Waals surface area contributed by atoms with E-state index in [-0.39, 0.29) is 25.0 Å². The van der Waals surface area contributed by atoms with Gasteiger partial charge in [0.25, 0.3) is 0 Å². The fourth-order valence-corrected chi connectivity index (χ4v) is 3.44. The Morgan fingerprint density at radius 1 is 0.960 bits per heavy atom. The summed E-state index contributed by atoms with van der Waals surface area (Å²) in [6.07, 6.45) is -2.24. The summed E-state index contributed by atoms with van der Waals surface area (Å²) in [5, 5.41) is 0. The summed E-state index contributed by atoms with van der Waals surface area (Å²) in [4.78, 5) is 0. The fourth-order valence-electron chi connectivity index (χ4n) is 3.44. The third-order valence-corrected chi connectivity index (χ3v) is 4.81. The van der Waals surface area contributed by atoms with Crippen LogP contribution in [-0.2, 0) is 9.47 Å². The summed E-state index contributed by atoms with van der Waals surface area (Å²) in [5.41, 5.74) is 0. The van der Waals surface area contributed by atoms with Gasteiger partial charge in [-0.3, -0.25) is 0 Å². The first-order valence-electron chi connectivity index (χ1n) is 8.59. The number of rotatable bonds is 4. The second kappa shape index (κ2) is 7.50. The molecule has 2 aliphatic rings. The second-order valence-corrected chi connectivity index (χ2v) is 7.02. The van der Waals surface area contributed by atoms with E-state index < -0.39 is 29.4 Å². The molecule has 7 heteroatoms. The Balaban J connectivity index is 1.55. The van der Waals surface area contributed by atoms with Crippen molar-refractivity contribution in [2.24, 2.45) is 17.8 Å². The molecule has 1 aliphatic heterocycles. The lowest BCUT2D eigenvalue weighted by atomic mass is 9.81. The van der Waals surface area contributed by atoms with Gasteiger partial charge in [0, 0.05) is 30.0 Å². The first-order chi connectivity index (χ1) is 11.8. The maximum atomic E-state index is 14.3. The topological polar surface area (TPSA) is 27.7 Å². The van der Waals surface area contributed by atoms with Crippen LogP contribution in [0.4, 0.5) is 17.6 Å². The quantitative estimate of drug-likeness (QED) is 0.724. The van der Waals surface area contributed by atoms with E-state index in [2.05, 4.69) is 4.74 Å². The van der Waals surface area contributed by atoms with E-state index in [9.17, 15) is 17.6 Å². The molecule has 0 N–H and O–H groups in total. The highest BCUT2D eigenvalue weighted by atomic mass is 19.3. The fraction of sp³-hybridized carbons (Fsp3) is 0.667. The van der Waals surface area contributed by atoms with Crippen molar-refractivity contribution in [3.05, 3.63) is 29.8 Å². The Morgan fingerprint density at radius 2 is 1.52 bits per heavy atom. The first kappa shape index (κ1) is 18.5. The van der Waals surface area contributed by atoms with E-state index in [1.807, 2.05) is 6.92 Å². The third kappa shape index (κ3) is 4.64. The second-order valence-electron chi connectivity index (χ2n) is 7.02. The lowest BCUT2D eigenvalue weighted by Crippen LogP contribution is -2.41.